The van der Waals surface area contributed by atoms with E-state index in [0.29, 0.717) is 12.0 Å². The first-order valence-corrected chi connectivity index (χ1v) is 6.85. The number of hydrogen-bond acceptors (Lipinski definition) is 4. The first-order valence-electron chi connectivity index (χ1n) is 6.85. The zero-order valence-electron chi connectivity index (χ0n) is 11.0. The largest absolute Gasteiger partial charge is 0.370 e. The fourth-order valence-corrected chi connectivity index (χ4v) is 3.18. The molecule has 0 bridgehead atoms. The van der Waals surface area contributed by atoms with Gasteiger partial charge in [-0.25, -0.2) is 9.67 Å². The second-order valence-corrected chi connectivity index (χ2v) is 5.42. The smallest absolute Gasteiger partial charge is 0.160 e. The Kier molecular flexibility index (Phi) is 2.38. The molecule has 1 saturated heterocycles. The highest BCUT2D eigenvalue weighted by Gasteiger charge is 2.32. The molecule has 6 heteroatoms. The van der Waals surface area contributed by atoms with Crippen molar-refractivity contribution >= 4 is 5.82 Å². The van der Waals surface area contributed by atoms with Crippen molar-refractivity contribution in [1.82, 2.24) is 24.6 Å². The summed E-state index contributed by atoms with van der Waals surface area (Å²) in [5, 5.41) is 11.7. The van der Waals surface area contributed by atoms with Crippen LogP contribution in [0.4, 0.5) is 5.82 Å². The van der Waals surface area contributed by atoms with Gasteiger partial charge in [-0.15, -0.1) is 0 Å². The van der Waals surface area contributed by atoms with Gasteiger partial charge in [0.2, 0.25) is 0 Å². The van der Waals surface area contributed by atoms with E-state index in [-0.39, 0.29) is 0 Å². The maximum absolute atomic E-state index is 4.78. The van der Waals surface area contributed by atoms with Gasteiger partial charge < -0.3 is 15.2 Å². The predicted octanol–water partition coefficient (Wildman–Crippen LogP) is 0.860. The Morgan fingerprint density at radius 1 is 1.37 bits per heavy atom. The third-order valence-corrected chi connectivity index (χ3v) is 4.21. The fraction of sp³-hybridized carbons (Fsp3) is 0.538. The van der Waals surface area contributed by atoms with Gasteiger partial charge in [0, 0.05) is 44.5 Å². The van der Waals surface area contributed by atoms with Crippen LogP contribution < -0.4 is 10.6 Å². The van der Waals surface area contributed by atoms with Crippen molar-refractivity contribution in [2.45, 2.75) is 12.5 Å². The van der Waals surface area contributed by atoms with Gasteiger partial charge in [-0.3, -0.25) is 0 Å². The summed E-state index contributed by atoms with van der Waals surface area (Å²) >= 11 is 0. The van der Waals surface area contributed by atoms with E-state index in [0.717, 1.165) is 43.4 Å². The number of imidazole rings is 1. The Hall–Kier alpha value is -1.82. The van der Waals surface area contributed by atoms with Crippen molar-refractivity contribution in [3.05, 3.63) is 18.5 Å². The number of nitrogens with one attached hydrogen (secondary N) is 2. The summed E-state index contributed by atoms with van der Waals surface area (Å²) < 4.78 is 4.17. The van der Waals surface area contributed by atoms with Crippen LogP contribution in [0, 0.1) is 5.92 Å². The summed E-state index contributed by atoms with van der Waals surface area (Å²) in [4.78, 5) is 4.38. The third kappa shape index (κ3) is 1.67. The molecular formula is C13H18N6. The highest BCUT2D eigenvalue weighted by atomic mass is 15.4. The van der Waals surface area contributed by atoms with Gasteiger partial charge in [-0.05, 0) is 13.0 Å². The number of nitrogens with zero attached hydrogens (tertiary/aromatic N) is 4. The Labute approximate surface area is 111 Å². The molecule has 2 unspecified atom stereocenters. The van der Waals surface area contributed by atoms with Gasteiger partial charge in [0.15, 0.2) is 5.82 Å². The summed E-state index contributed by atoms with van der Waals surface area (Å²) in [5.74, 6) is 2.69. The molecule has 6 nitrogen and oxygen atoms in total. The van der Waals surface area contributed by atoms with E-state index in [2.05, 4.69) is 26.4 Å². The lowest BCUT2D eigenvalue weighted by atomic mass is 9.92. The highest BCUT2D eigenvalue weighted by Crippen LogP contribution is 2.34. The van der Waals surface area contributed by atoms with Crippen LogP contribution in [0.1, 0.15) is 12.5 Å². The first kappa shape index (κ1) is 11.0. The van der Waals surface area contributed by atoms with Crippen LogP contribution in [0.3, 0.4) is 0 Å². The summed E-state index contributed by atoms with van der Waals surface area (Å²) in [5.41, 5.74) is 0.953. The molecule has 2 aromatic heterocycles. The maximum Gasteiger partial charge on any atom is 0.160 e. The minimum Gasteiger partial charge on any atom is -0.370 e. The van der Waals surface area contributed by atoms with Crippen LogP contribution in [-0.4, -0.2) is 39.0 Å². The lowest BCUT2D eigenvalue weighted by molar-refractivity contribution is 0.238. The summed E-state index contributed by atoms with van der Waals surface area (Å²) in [7, 11) is 2.00. The molecule has 100 valence electrons. The van der Waals surface area contributed by atoms with E-state index >= 15 is 0 Å². The van der Waals surface area contributed by atoms with Gasteiger partial charge in [0.05, 0.1) is 6.04 Å². The Morgan fingerprint density at radius 2 is 2.32 bits per heavy atom. The van der Waals surface area contributed by atoms with Gasteiger partial charge in [0.1, 0.15) is 11.5 Å². The molecule has 0 aromatic carbocycles. The van der Waals surface area contributed by atoms with Gasteiger partial charge in [0.25, 0.3) is 0 Å². The maximum atomic E-state index is 4.78. The molecule has 4 rings (SSSR count). The Bertz CT molecular complexity index is 598. The van der Waals surface area contributed by atoms with Crippen LogP contribution in [0.15, 0.2) is 18.5 Å². The average Bonchev–Trinajstić information content (AvgIpc) is 3.04. The number of aryl methyl sites for hydroxylation is 1. The number of rotatable bonds is 1. The number of hydrogen-bond donors (Lipinski definition) is 2. The molecule has 2 N–H and O–H groups in total. The normalized spacial score (nSPS) is 25.5. The highest BCUT2D eigenvalue weighted by molar-refractivity contribution is 5.57. The van der Waals surface area contributed by atoms with E-state index in [9.17, 15) is 0 Å². The van der Waals surface area contributed by atoms with Crippen LogP contribution in [-0.2, 0) is 7.05 Å². The molecule has 2 atom stereocenters. The van der Waals surface area contributed by atoms with Crippen molar-refractivity contribution in [3.63, 3.8) is 0 Å². The zero-order chi connectivity index (χ0) is 12.8. The molecular weight excluding hydrogens is 240 g/mol. The number of anilines is 1. The van der Waals surface area contributed by atoms with Crippen LogP contribution in [0.2, 0.25) is 0 Å². The second kappa shape index (κ2) is 4.09. The molecule has 0 spiro atoms. The molecule has 0 radical (unpaired) electrons. The molecule has 1 fully saturated rings. The van der Waals surface area contributed by atoms with Gasteiger partial charge >= 0.3 is 0 Å². The Morgan fingerprint density at radius 3 is 3.16 bits per heavy atom. The van der Waals surface area contributed by atoms with Crippen LogP contribution in [0.5, 0.6) is 0 Å². The van der Waals surface area contributed by atoms with Crippen molar-refractivity contribution in [2.75, 3.05) is 25.0 Å². The molecule has 0 saturated carbocycles. The third-order valence-electron chi connectivity index (χ3n) is 4.21. The van der Waals surface area contributed by atoms with Gasteiger partial charge in [-0.1, -0.05) is 0 Å². The van der Waals surface area contributed by atoms with E-state index in [4.69, 9.17) is 5.10 Å². The minimum absolute atomic E-state index is 0.520. The van der Waals surface area contributed by atoms with E-state index in [1.807, 2.05) is 24.0 Å². The lowest BCUT2D eigenvalue weighted by Crippen LogP contribution is -2.44. The van der Waals surface area contributed by atoms with Crippen molar-refractivity contribution < 1.29 is 0 Å². The molecule has 2 aliphatic heterocycles. The molecule has 19 heavy (non-hydrogen) atoms. The van der Waals surface area contributed by atoms with Crippen molar-refractivity contribution in [2.24, 2.45) is 13.0 Å². The number of aromatic nitrogens is 4. The van der Waals surface area contributed by atoms with Crippen LogP contribution in [0.25, 0.3) is 11.5 Å². The second-order valence-electron chi connectivity index (χ2n) is 5.42. The average molecular weight is 258 g/mol. The summed E-state index contributed by atoms with van der Waals surface area (Å²) in [6, 6.07) is 2.63. The number of fused-ring (bicyclic) bond motifs is 3. The SMILES string of the molecule is Cn1ccnc1-c1cc2n(n1)C1CCNCC1CN2. The van der Waals surface area contributed by atoms with Crippen molar-refractivity contribution in [3.8, 4) is 11.5 Å². The summed E-state index contributed by atoms with van der Waals surface area (Å²) in [6.45, 7) is 3.19. The Balaban J connectivity index is 1.75. The topological polar surface area (TPSA) is 59.7 Å². The molecule has 2 aromatic rings. The van der Waals surface area contributed by atoms with Crippen molar-refractivity contribution in [1.29, 1.82) is 0 Å². The zero-order valence-corrected chi connectivity index (χ0v) is 11.0. The van der Waals surface area contributed by atoms with E-state index in [1.165, 1.54) is 0 Å². The van der Waals surface area contributed by atoms with Crippen LogP contribution >= 0.6 is 0 Å². The minimum atomic E-state index is 0.520. The lowest BCUT2D eigenvalue weighted by Gasteiger charge is -2.37. The monoisotopic (exact) mass is 258 g/mol. The number of piperidine rings is 1. The predicted molar refractivity (Wildman–Crippen MR) is 72.9 cm³/mol. The summed E-state index contributed by atoms with van der Waals surface area (Å²) in [6.07, 6.45) is 4.92. The van der Waals surface area contributed by atoms with Gasteiger partial charge in [-0.2, -0.15) is 5.10 Å². The first-order chi connectivity index (χ1) is 9.33. The molecule has 4 heterocycles. The fourth-order valence-electron chi connectivity index (χ4n) is 3.18. The van der Waals surface area contributed by atoms with E-state index in [1.54, 1.807) is 0 Å². The molecule has 2 aliphatic rings. The quantitative estimate of drug-likeness (QED) is 0.796. The molecule has 0 aliphatic carbocycles. The standard InChI is InChI=1S/C13H18N6/c1-18-5-4-15-13(18)10-6-12-16-8-9-7-14-3-2-11(9)19(12)17-10/h4-6,9,11,14,16H,2-3,7-8H2,1H3. The molecule has 0 amide bonds. The van der Waals surface area contributed by atoms with E-state index < -0.39 is 0 Å².